The van der Waals surface area contributed by atoms with Gasteiger partial charge in [0, 0.05) is 6.20 Å². The van der Waals surface area contributed by atoms with Gasteiger partial charge in [0.25, 0.3) is 0 Å². The number of hydrogen-bond donors (Lipinski definition) is 1. The van der Waals surface area contributed by atoms with Gasteiger partial charge in [0.15, 0.2) is 0 Å². The van der Waals surface area contributed by atoms with E-state index in [9.17, 15) is 4.79 Å². The average molecular weight is 258 g/mol. The Morgan fingerprint density at radius 1 is 1.42 bits per heavy atom. The first-order chi connectivity index (χ1) is 8.82. The standard InChI is InChI=1S/C16H22N2O/c1-10(2)8-12-14(16(12,4)5)15(19)18-13-9-11(3)6-7-17-13/h6-9,12,14H,1-5H3,(H,17,18,19). The maximum atomic E-state index is 12.3. The molecule has 0 radical (unpaired) electrons. The van der Waals surface area contributed by atoms with Crippen molar-refractivity contribution in [3.05, 3.63) is 35.5 Å². The third-order valence-electron chi connectivity index (χ3n) is 3.87. The lowest BCUT2D eigenvalue weighted by molar-refractivity contribution is -0.118. The molecule has 2 rings (SSSR count). The quantitative estimate of drug-likeness (QED) is 0.842. The zero-order valence-electron chi connectivity index (χ0n) is 12.3. The lowest BCUT2D eigenvalue weighted by atomic mass is 10.1. The van der Waals surface area contributed by atoms with E-state index in [1.807, 2.05) is 19.1 Å². The van der Waals surface area contributed by atoms with Crippen molar-refractivity contribution < 1.29 is 4.79 Å². The predicted molar refractivity (Wildman–Crippen MR) is 77.8 cm³/mol. The van der Waals surface area contributed by atoms with Crippen molar-refractivity contribution in [3.63, 3.8) is 0 Å². The number of hydrogen-bond acceptors (Lipinski definition) is 2. The van der Waals surface area contributed by atoms with Gasteiger partial charge in [-0.1, -0.05) is 25.5 Å². The molecule has 1 amide bonds. The topological polar surface area (TPSA) is 42.0 Å². The van der Waals surface area contributed by atoms with E-state index >= 15 is 0 Å². The summed E-state index contributed by atoms with van der Waals surface area (Å²) < 4.78 is 0. The van der Waals surface area contributed by atoms with Crippen molar-refractivity contribution in [1.29, 1.82) is 0 Å². The van der Waals surface area contributed by atoms with Crippen LogP contribution >= 0.6 is 0 Å². The summed E-state index contributed by atoms with van der Waals surface area (Å²) in [5.41, 5.74) is 2.41. The Labute approximate surface area is 115 Å². The Morgan fingerprint density at radius 2 is 2.11 bits per heavy atom. The smallest absolute Gasteiger partial charge is 0.229 e. The second-order valence-corrected chi connectivity index (χ2v) is 6.28. The fourth-order valence-corrected chi connectivity index (χ4v) is 2.66. The summed E-state index contributed by atoms with van der Waals surface area (Å²) in [5.74, 6) is 1.10. The summed E-state index contributed by atoms with van der Waals surface area (Å²) in [7, 11) is 0. The lowest BCUT2D eigenvalue weighted by Crippen LogP contribution is -2.17. The molecule has 1 aromatic heterocycles. The van der Waals surface area contributed by atoms with Gasteiger partial charge in [-0.15, -0.1) is 0 Å². The highest BCUT2D eigenvalue weighted by Gasteiger charge is 2.60. The average Bonchev–Trinajstić information content (AvgIpc) is 2.79. The van der Waals surface area contributed by atoms with Gasteiger partial charge in [-0.05, 0) is 49.8 Å². The number of amides is 1. The summed E-state index contributed by atoms with van der Waals surface area (Å²) in [6.45, 7) is 10.4. The van der Waals surface area contributed by atoms with Gasteiger partial charge < -0.3 is 5.32 Å². The number of anilines is 1. The van der Waals surface area contributed by atoms with E-state index < -0.39 is 0 Å². The van der Waals surface area contributed by atoms with Gasteiger partial charge in [0.2, 0.25) is 5.91 Å². The van der Waals surface area contributed by atoms with Crippen LogP contribution in [0.1, 0.15) is 33.3 Å². The number of aryl methyl sites for hydroxylation is 1. The van der Waals surface area contributed by atoms with Crippen LogP contribution in [0.2, 0.25) is 0 Å². The fraction of sp³-hybridized carbons (Fsp3) is 0.500. The molecule has 19 heavy (non-hydrogen) atoms. The minimum absolute atomic E-state index is 0.0460. The molecule has 1 fully saturated rings. The summed E-state index contributed by atoms with van der Waals surface area (Å²) in [5, 5.41) is 2.92. The summed E-state index contributed by atoms with van der Waals surface area (Å²) in [6.07, 6.45) is 3.92. The van der Waals surface area contributed by atoms with E-state index in [2.05, 4.69) is 44.1 Å². The molecule has 2 unspecified atom stereocenters. The highest BCUT2D eigenvalue weighted by molar-refractivity contribution is 5.95. The largest absolute Gasteiger partial charge is 0.310 e. The van der Waals surface area contributed by atoms with Crippen molar-refractivity contribution in [1.82, 2.24) is 4.98 Å². The van der Waals surface area contributed by atoms with Gasteiger partial charge >= 0.3 is 0 Å². The maximum absolute atomic E-state index is 12.3. The fourth-order valence-electron chi connectivity index (χ4n) is 2.66. The second kappa shape index (κ2) is 4.80. The Hall–Kier alpha value is -1.64. The first-order valence-electron chi connectivity index (χ1n) is 6.71. The molecule has 1 saturated carbocycles. The monoisotopic (exact) mass is 258 g/mol. The summed E-state index contributed by atoms with van der Waals surface area (Å²) in [4.78, 5) is 16.5. The van der Waals surface area contributed by atoms with Crippen LogP contribution in [0.3, 0.4) is 0 Å². The number of carbonyl (C=O) groups excluding carboxylic acids is 1. The van der Waals surface area contributed by atoms with Gasteiger partial charge in [-0.3, -0.25) is 4.79 Å². The Balaban J connectivity index is 2.08. The van der Waals surface area contributed by atoms with Crippen LogP contribution in [0.5, 0.6) is 0 Å². The molecule has 1 heterocycles. The number of rotatable bonds is 3. The van der Waals surface area contributed by atoms with Crippen LogP contribution < -0.4 is 5.32 Å². The van der Waals surface area contributed by atoms with Crippen LogP contribution in [0.15, 0.2) is 30.0 Å². The van der Waals surface area contributed by atoms with E-state index in [1.165, 1.54) is 5.57 Å². The van der Waals surface area contributed by atoms with Crippen LogP contribution in [-0.2, 0) is 4.79 Å². The van der Waals surface area contributed by atoms with Gasteiger partial charge in [-0.25, -0.2) is 4.98 Å². The highest BCUT2D eigenvalue weighted by Crippen LogP contribution is 2.59. The van der Waals surface area contributed by atoms with Crippen LogP contribution in [0.25, 0.3) is 0 Å². The molecular weight excluding hydrogens is 236 g/mol. The van der Waals surface area contributed by atoms with E-state index in [0.29, 0.717) is 11.7 Å². The lowest BCUT2D eigenvalue weighted by Gasteiger charge is -2.05. The predicted octanol–water partition coefficient (Wildman–Crippen LogP) is 3.57. The normalized spacial score (nSPS) is 23.6. The zero-order chi connectivity index (χ0) is 14.2. The van der Waals surface area contributed by atoms with Crippen LogP contribution in [0, 0.1) is 24.2 Å². The molecule has 0 spiro atoms. The second-order valence-electron chi connectivity index (χ2n) is 6.28. The molecule has 1 N–H and O–H groups in total. The minimum atomic E-state index is 0.0460. The zero-order valence-corrected chi connectivity index (χ0v) is 12.3. The number of pyridine rings is 1. The van der Waals surface area contributed by atoms with Gasteiger partial charge in [0.1, 0.15) is 5.82 Å². The van der Waals surface area contributed by atoms with E-state index in [4.69, 9.17) is 0 Å². The minimum Gasteiger partial charge on any atom is -0.310 e. The number of nitrogens with zero attached hydrogens (tertiary/aromatic N) is 1. The number of aromatic nitrogens is 1. The number of nitrogens with one attached hydrogen (secondary N) is 1. The number of allylic oxidation sites excluding steroid dienone is 2. The van der Waals surface area contributed by atoms with E-state index in [0.717, 1.165) is 5.56 Å². The van der Waals surface area contributed by atoms with Crippen molar-refractivity contribution in [3.8, 4) is 0 Å². The van der Waals surface area contributed by atoms with Crippen LogP contribution in [0.4, 0.5) is 5.82 Å². The molecule has 102 valence electrons. The van der Waals surface area contributed by atoms with Crippen molar-refractivity contribution in [2.24, 2.45) is 17.3 Å². The molecule has 1 aromatic rings. The van der Waals surface area contributed by atoms with E-state index in [-0.39, 0.29) is 17.2 Å². The van der Waals surface area contributed by atoms with Crippen molar-refractivity contribution in [2.45, 2.75) is 34.6 Å². The summed E-state index contributed by atoms with van der Waals surface area (Å²) >= 11 is 0. The molecule has 0 bridgehead atoms. The molecule has 2 atom stereocenters. The third-order valence-corrected chi connectivity index (χ3v) is 3.87. The maximum Gasteiger partial charge on any atom is 0.229 e. The molecule has 0 aromatic carbocycles. The van der Waals surface area contributed by atoms with Gasteiger partial charge in [-0.2, -0.15) is 0 Å². The third kappa shape index (κ3) is 2.86. The molecule has 1 aliphatic rings. The van der Waals surface area contributed by atoms with Crippen LogP contribution in [-0.4, -0.2) is 10.9 Å². The first-order valence-corrected chi connectivity index (χ1v) is 6.71. The molecule has 3 nitrogen and oxygen atoms in total. The Bertz CT molecular complexity index is 527. The SMILES string of the molecule is CC(C)=CC1C(C(=O)Nc2cc(C)ccn2)C1(C)C. The van der Waals surface area contributed by atoms with Gasteiger partial charge in [0.05, 0.1) is 5.92 Å². The number of carbonyl (C=O) groups is 1. The van der Waals surface area contributed by atoms with Crippen molar-refractivity contribution >= 4 is 11.7 Å². The first kappa shape index (κ1) is 13.8. The molecular formula is C16H22N2O. The summed E-state index contributed by atoms with van der Waals surface area (Å²) in [6, 6.07) is 3.81. The molecule has 3 heteroatoms. The van der Waals surface area contributed by atoms with Crippen molar-refractivity contribution in [2.75, 3.05) is 5.32 Å². The molecule has 1 aliphatic carbocycles. The molecule has 0 aliphatic heterocycles. The Morgan fingerprint density at radius 3 is 2.68 bits per heavy atom. The highest BCUT2D eigenvalue weighted by atomic mass is 16.2. The Kier molecular flexibility index (Phi) is 3.48. The van der Waals surface area contributed by atoms with E-state index in [1.54, 1.807) is 6.20 Å². The molecule has 0 saturated heterocycles.